The first-order valence-corrected chi connectivity index (χ1v) is 6.22. The van der Waals surface area contributed by atoms with E-state index in [4.69, 9.17) is 0 Å². The summed E-state index contributed by atoms with van der Waals surface area (Å²) in [5.41, 5.74) is 1.37. The Morgan fingerprint density at radius 3 is 2.65 bits per heavy atom. The Bertz CT molecular complexity index is 482. The fourth-order valence-corrected chi connectivity index (χ4v) is 2.38. The van der Waals surface area contributed by atoms with Gasteiger partial charge in [-0.05, 0) is 40.4 Å². The maximum atomic E-state index is 13.3. The molecule has 0 bridgehead atoms. The maximum absolute atomic E-state index is 13.3. The third-order valence-corrected chi connectivity index (χ3v) is 3.25. The zero-order chi connectivity index (χ0) is 12.3. The summed E-state index contributed by atoms with van der Waals surface area (Å²) in [6, 6.07) is 5.35. The van der Waals surface area contributed by atoms with Gasteiger partial charge < -0.3 is 5.11 Å². The molecule has 0 saturated carbocycles. The number of halogens is 2. The van der Waals surface area contributed by atoms with Crippen LogP contribution in [0.2, 0.25) is 0 Å². The molecule has 17 heavy (non-hydrogen) atoms. The first-order chi connectivity index (χ1) is 8.15. The molecule has 0 aliphatic carbocycles. The van der Waals surface area contributed by atoms with Crippen LogP contribution in [-0.2, 0) is 12.8 Å². The van der Waals surface area contributed by atoms with Crippen LogP contribution in [-0.4, -0.2) is 11.2 Å². The van der Waals surface area contributed by atoms with Gasteiger partial charge in [0.25, 0.3) is 0 Å². The average Bonchev–Trinajstić information content (AvgIpc) is 2.75. The molecule has 0 aliphatic heterocycles. The van der Waals surface area contributed by atoms with Gasteiger partial charge in [0.15, 0.2) is 0 Å². The molecule has 2 rings (SSSR count). The lowest BCUT2D eigenvalue weighted by Gasteiger charge is -2.10. The molecule has 1 unspecified atom stereocenters. The molecular weight excluding hydrogens is 242 g/mol. The van der Waals surface area contributed by atoms with Gasteiger partial charge in [-0.1, -0.05) is 6.07 Å². The third kappa shape index (κ3) is 3.35. The van der Waals surface area contributed by atoms with Gasteiger partial charge in [0.05, 0.1) is 6.10 Å². The molecule has 1 aromatic heterocycles. The molecule has 1 N–H and O–H groups in total. The Hall–Kier alpha value is -1.26. The summed E-state index contributed by atoms with van der Waals surface area (Å²) in [6.07, 6.45) is 0.0343. The number of aliphatic hydroxyl groups is 1. The maximum Gasteiger partial charge on any atom is 0.129 e. The largest absolute Gasteiger partial charge is 0.392 e. The highest BCUT2D eigenvalue weighted by Gasteiger charge is 2.11. The van der Waals surface area contributed by atoms with E-state index in [1.807, 2.05) is 16.8 Å². The smallest absolute Gasteiger partial charge is 0.129 e. The van der Waals surface area contributed by atoms with Gasteiger partial charge >= 0.3 is 0 Å². The Kier molecular flexibility index (Phi) is 3.86. The highest BCUT2D eigenvalue weighted by atomic mass is 32.1. The van der Waals surface area contributed by atoms with Crippen LogP contribution in [0.4, 0.5) is 8.78 Å². The minimum Gasteiger partial charge on any atom is -0.392 e. The van der Waals surface area contributed by atoms with Crippen LogP contribution >= 0.6 is 11.3 Å². The van der Waals surface area contributed by atoms with Crippen molar-refractivity contribution in [1.82, 2.24) is 0 Å². The summed E-state index contributed by atoms with van der Waals surface area (Å²) in [5, 5.41) is 13.7. The SMILES string of the molecule is OC(Cc1ccsc1)Cc1ccc(F)cc1F. The van der Waals surface area contributed by atoms with Gasteiger partial charge in [0.1, 0.15) is 11.6 Å². The highest BCUT2D eigenvalue weighted by Crippen LogP contribution is 2.15. The third-order valence-electron chi connectivity index (χ3n) is 2.52. The molecule has 1 aromatic carbocycles. The minimum absolute atomic E-state index is 0.196. The summed E-state index contributed by atoms with van der Waals surface area (Å²) in [4.78, 5) is 0. The number of benzene rings is 1. The van der Waals surface area contributed by atoms with Crippen LogP contribution < -0.4 is 0 Å². The molecule has 90 valence electrons. The van der Waals surface area contributed by atoms with Crippen LogP contribution in [0.25, 0.3) is 0 Å². The molecule has 0 saturated heterocycles. The normalized spacial score (nSPS) is 12.6. The molecule has 0 fully saturated rings. The second-order valence-electron chi connectivity index (χ2n) is 3.93. The number of thiophene rings is 1. The molecule has 1 nitrogen and oxygen atoms in total. The number of rotatable bonds is 4. The van der Waals surface area contributed by atoms with Crippen molar-refractivity contribution >= 4 is 11.3 Å². The van der Waals surface area contributed by atoms with Crippen molar-refractivity contribution in [2.24, 2.45) is 0 Å². The molecule has 4 heteroatoms. The predicted molar refractivity (Wildman–Crippen MR) is 64.1 cm³/mol. The van der Waals surface area contributed by atoms with Crippen LogP contribution in [0.1, 0.15) is 11.1 Å². The van der Waals surface area contributed by atoms with E-state index in [-0.39, 0.29) is 6.42 Å². The number of aliphatic hydroxyl groups excluding tert-OH is 1. The van der Waals surface area contributed by atoms with Gasteiger partial charge in [0, 0.05) is 12.5 Å². The summed E-state index contributed by atoms with van der Waals surface area (Å²) in [7, 11) is 0. The molecular formula is C13H12F2OS. The van der Waals surface area contributed by atoms with Crippen LogP contribution in [0.3, 0.4) is 0 Å². The van der Waals surface area contributed by atoms with Gasteiger partial charge in [0.2, 0.25) is 0 Å². The van der Waals surface area contributed by atoms with Crippen molar-refractivity contribution in [2.75, 3.05) is 0 Å². The summed E-state index contributed by atoms with van der Waals surface area (Å²) in [6.45, 7) is 0. The van der Waals surface area contributed by atoms with Crippen molar-refractivity contribution in [3.63, 3.8) is 0 Å². The summed E-state index contributed by atoms with van der Waals surface area (Å²) >= 11 is 1.56. The lowest BCUT2D eigenvalue weighted by Crippen LogP contribution is -2.14. The monoisotopic (exact) mass is 254 g/mol. The van der Waals surface area contributed by atoms with Gasteiger partial charge in [-0.25, -0.2) is 8.78 Å². The van der Waals surface area contributed by atoms with Crippen LogP contribution in [0.5, 0.6) is 0 Å². The van der Waals surface area contributed by atoms with E-state index >= 15 is 0 Å². The standard InChI is InChI=1S/C13H12F2OS/c14-11-2-1-10(13(15)7-11)6-12(16)5-9-3-4-17-8-9/h1-4,7-8,12,16H,5-6H2. The van der Waals surface area contributed by atoms with E-state index in [2.05, 4.69) is 0 Å². The van der Waals surface area contributed by atoms with Crippen molar-refractivity contribution in [2.45, 2.75) is 18.9 Å². The topological polar surface area (TPSA) is 20.2 Å². The van der Waals surface area contributed by atoms with Crippen molar-refractivity contribution < 1.29 is 13.9 Å². The predicted octanol–water partition coefficient (Wildman–Crippen LogP) is 3.17. The molecule has 0 aliphatic rings. The Balaban J connectivity index is 2.00. The average molecular weight is 254 g/mol. The molecule has 2 aromatic rings. The van der Waals surface area contributed by atoms with Gasteiger partial charge in [-0.2, -0.15) is 11.3 Å². The molecule has 0 radical (unpaired) electrons. The second kappa shape index (κ2) is 5.38. The molecule has 1 atom stereocenters. The van der Waals surface area contributed by atoms with Crippen molar-refractivity contribution in [3.8, 4) is 0 Å². The molecule has 0 spiro atoms. The zero-order valence-electron chi connectivity index (χ0n) is 9.07. The number of hydrogen-bond acceptors (Lipinski definition) is 2. The van der Waals surface area contributed by atoms with E-state index in [9.17, 15) is 13.9 Å². The Morgan fingerprint density at radius 1 is 1.18 bits per heavy atom. The summed E-state index contributed by atoms with van der Waals surface area (Å²) < 4.78 is 26.0. The fraction of sp³-hybridized carbons (Fsp3) is 0.231. The van der Waals surface area contributed by atoms with Crippen LogP contribution in [0, 0.1) is 11.6 Å². The van der Waals surface area contributed by atoms with E-state index < -0.39 is 17.7 Å². The van der Waals surface area contributed by atoms with E-state index in [0.717, 1.165) is 11.6 Å². The zero-order valence-corrected chi connectivity index (χ0v) is 9.88. The number of hydrogen-bond donors (Lipinski definition) is 1. The Labute approximate surface area is 102 Å². The van der Waals surface area contributed by atoms with Gasteiger partial charge in [-0.15, -0.1) is 0 Å². The molecule has 1 heterocycles. The minimum atomic E-state index is -0.649. The van der Waals surface area contributed by atoms with E-state index in [1.165, 1.54) is 12.1 Å². The summed E-state index contributed by atoms with van der Waals surface area (Å²) in [5.74, 6) is -1.20. The first kappa shape index (κ1) is 12.2. The van der Waals surface area contributed by atoms with Crippen molar-refractivity contribution in [1.29, 1.82) is 0 Å². The molecule has 0 amide bonds. The highest BCUT2D eigenvalue weighted by molar-refractivity contribution is 7.07. The van der Waals surface area contributed by atoms with E-state index in [0.29, 0.717) is 12.0 Å². The van der Waals surface area contributed by atoms with Crippen molar-refractivity contribution in [3.05, 3.63) is 57.8 Å². The Morgan fingerprint density at radius 2 is 2.00 bits per heavy atom. The lowest BCUT2D eigenvalue weighted by molar-refractivity contribution is 0.174. The van der Waals surface area contributed by atoms with Crippen LogP contribution in [0.15, 0.2) is 35.0 Å². The van der Waals surface area contributed by atoms with Gasteiger partial charge in [-0.3, -0.25) is 0 Å². The fourth-order valence-electron chi connectivity index (χ4n) is 1.69. The first-order valence-electron chi connectivity index (χ1n) is 5.28. The lowest BCUT2D eigenvalue weighted by atomic mass is 10.0. The van der Waals surface area contributed by atoms with E-state index in [1.54, 1.807) is 11.3 Å². The quantitative estimate of drug-likeness (QED) is 0.888. The second-order valence-corrected chi connectivity index (χ2v) is 4.71.